The van der Waals surface area contributed by atoms with Crippen LogP contribution >= 0.6 is 0 Å². The van der Waals surface area contributed by atoms with E-state index in [0.717, 1.165) is 0 Å². The van der Waals surface area contributed by atoms with Crippen molar-refractivity contribution in [3.8, 4) is 46.0 Å². The zero-order chi connectivity index (χ0) is 100. The molecule has 12 aromatic rings. The fourth-order valence-electron chi connectivity index (χ4n) is 15.2. The third-order valence-electron chi connectivity index (χ3n) is 21.9. The molecule has 0 bridgehead atoms. The Labute approximate surface area is 861 Å². The summed E-state index contributed by atoms with van der Waals surface area (Å²) in [6.45, 7) is 16.7. The summed E-state index contributed by atoms with van der Waals surface area (Å²) in [5.74, 6) is -3.17. The molecule has 748 valence electrons. The van der Waals surface area contributed by atoms with Gasteiger partial charge in [-0.1, -0.05) is 0 Å². The first-order valence-electron chi connectivity index (χ1n) is 44.6. The molecule has 42 heteroatoms. The molecular formula is C100H114N8Na2O32. The molecule has 0 radical (unpaired) electrons. The zero-order valence-corrected chi connectivity index (χ0v) is 84.9. The van der Waals surface area contributed by atoms with E-state index in [4.69, 9.17) is 118 Å². The summed E-state index contributed by atoms with van der Waals surface area (Å²) in [7, 11) is 6.03. The van der Waals surface area contributed by atoms with Crippen LogP contribution in [0.2, 0.25) is 0 Å². The van der Waals surface area contributed by atoms with Crippen LogP contribution in [-0.2, 0) is 56.8 Å². The number of ketones is 4. The van der Waals surface area contributed by atoms with Crippen LogP contribution in [0, 0.1) is 27.7 Å². The quantitative estimate of drug-likeness (QED) is 0.0138. The minimum Gasteiger partial charge on any atom is -0.545 e. The minimum absolute atomic E-state index is 0. The van der Waals surface area contributed by atoms with Gasteiger partial charge in [0.15, 0.2) is 11.5 Å². The molecule has 142 heavy (non-hydrogen) atoms. The average Bonchev–Trinajstić information content (AvgIpc) is 1.60. The number of fused-ring (bicyclic) bond motifs is 4. The summed E-state index contributed by atoms with van der Waals surface area (Å²) in [5.41, 5.74) is 28.9. The zero-order valence-electron chi connectivity index (χ0n) is 80.9. The third-order valence-corrected chi connectivity index (χ3v) is 21.9. The fourth-order valence-corrected chi connectivity index (χ4v) is 15.2. The number of nitrogens with two attached hydrogens (primary N) is 4. The van der Waals surface area contributed by atoms with Crippen LogP contribution in [0.15, 0.2) is 146 Å². The number of carbonyl (C=O) groups excluding carboxylic acids is 6. The summed E-state index contributed by atoms with van der Waals surface area (Å²) in [6.07, 6.45) is 6.76. The normalized spacial score (nSPS) is 11.2. The Balaban J connectivity index is 0.000000312. The number of aromatic carboxylic acids is 4. The van der Waals surface area contributed by atoms with Crippen LogP contribution < -0.4 is 130 Å². The predicted molar refractivity (Wildman–Crippen MR) is 506 cm³/mol. The molecule has 0 unspecified atom stereocenters. The van der Waals surface area contributed by atoms with E-state index >= 15 is 0 Å². The molecule has 0 aliphatic carbocycles. The van der Waals surface area contributed by atoms with Crippen LogP contribution in [0.3, 0.4) is 0 Å². The maximum atomic E-state index is 13.6. The van der Waals surface area contributed by atoms with Crippen molar-refractivity contribution in [3.63, 3.8) is 0 Å². The maximum absolute atomic E-state index is 13.6. The van der Waals surface area contributed by atoms with Crippen LogP contribution in [0.5, 0.6) is 46.0 Å². The van der Waals surface area contributed by atoms with Crippen molar-refractivity contribution in [2.24, 2.45) is 0 Å². The van der Waals surface area contributed by atoms with Gasteiger partial charge in [-0.15, -0.1) is 0 Å². The van der Waals surface area contributed by atoms with Gasteiger partial charge in [-0.25, -0.2) is 9.59 Å². The Morgan fingerprint density at radius 3 is 0.761 bits per heavy atom. The summed E-state index contributed by atoms with van der Waals surface area (Å²) in [6, 6.07) is 30.5. The van der Waals surface area contributed by atoms with Gasteiger partial charge in [0.25, 0.3) is 0 Å². The Morgan fingerprint density at radius 2 is 0.514 bits per heavy atom. The Bertz CT molecular complexity index is 5960. The molecule has 0 aliphatic heterocycles. The van der Waals surface area contributed by atoms with E-state index < -0.39 is 47.0 Å². The monoisotopic (exact) mass is 1980 g/mol. The second kappa shape index (κ2) is 57.0. The SMILES string of the molecule is COc1c(C)c(C(=O)c2ccc(N)c(C(=O)[O-])c2)n2cc(OCCOCCOCCOCCOCCOCCOCCOc3cccn4c(C(=O)c5ccc(N)c(C(=O)O)c5)c(C)c(OC)c34)ccc12.COc1c(C)c(C(=O)c2ccc(N)c(C(=O)[O-])c2)n2cc(OCCOCCOCCOCCOCCOCCOCCOc3cccn4c(C(=O)c5ccc(N)c(C(=O)O)c5)c(C)c(OC)c34)ccc12.[Na+].[Na+]. The van der Waals surface area contributed by atoms with Crippen molar-refractivity contribution in [2.45, 2.75) is 27.7 Å². The Morgan fingerprint density at radius 1 is 0.289 bits per heavy atom. The predicted octanol–water partition coefficient (Wildman–Crippen LogP) is 2.15. The molecule has 0 saturated heterocycles. The van der Waals surface area contributed by atoms with E-state index in [1.165, 1.54) is 101 Å². The number of methoxy groups -OCH3 is 4. The molecule has 4 aromatic carbocycles. The number of nitrogen functional groups attached to an aromatic ring is 4. The molecule has 8 heterocycles. The number of rotatable bonds is 62. The molecule has 0 spiro atoms. The number of aromatic nitrogens is 4. The van der Waals surface area contributed by atoms with E-state index in [1.54, 1.807) is 119 Å². The number of ether oxygens (including phenoxy) is 20. The van der Waals surface area contributed by atoms with Crippen molar-refractivity contribution in [1.82, 2.24) is 17.6 Å². The van der Waals surface area contributed by atoms with Crippen molar-refractivity contribution in [1.29, 1.82) is 0 Å². The van der Waals surface area contributed by atoms with Crippen LogP contribution in [0.25, 0.3) is 22.1 Å². The molecule has 0 atom stereocenters. The molecular weight excluding hydrogens is 1870 g/mol. The van der Waals surface area contributed by atoms with Gasteiger partial charge in [0.1, 0.15) is 94.7 Å². The molecule has 0 aliphatic rings. The van der Waals surface area contributed by atoms with Crippen LogP contribution in [-0.4, -0.2) is 288 Å². The van der Waals surface area contributed by atoms with Gasteiger partial charge >= 0.3 is 71.1 Å². The number of pyridine rings is 4. The standard InChI is InChI=1S/2C50H58N4O16.2Na/c2*1-31-43(46(56)34-8-11-39(52)37(29-34)50(59)60)54-30-35(9-12-40(54)47(31)61-3)69-26-24-67-22-20-65-18-16-63-14-15-64-17-19-66-21-23-68-25-27-70-41-6-5-13-53-42(32(2)48(62-4)44(41)53)45(55)33-7-10-38(51)36(28-33)49(57)58;;/h2*5-13,28-30H,14-27,51-52H2,1-4H3,(H,57,58)(H,59,60);;/q;;2*+1/p-2. The van der Waals surface area contributed by atoms with Gasteiger partial charge in [0.05, 0.1) is 233 Å². The second-order valence-corrected chi connectivity index (χ2v) is 30.9. The average molecular weight is 1990 g/mol. The Kier molecular flexibility index (Phi) is 45.5. The molecule has 40 nitrogen and oxygen atoms in total. The van der Waals surface area contributed by atoms with Gasteiger partial charge in [-0.05, 0) is 149 Å². The van der Waals surface area contributed by atoms with Crippen LogP contribution in [0.4, 0.5) is 22.7 Å². The van der Waals surface area contributed by atoms with E-state index in [9.17, 15) is 58.8 Å². The fraction of sp³-hybridized carbons (Fsp3) is 0.360. The van der Waals surface area contributed by atoms with Gasteiger partial charge in [0.2, 0.25) is 23.1 Å². The first-order valence-corrected chi connectivity index (χ1v) is 44.6. The number of anilines is 4. The maximum Gasteiger partial charge on any atom is 1.00 e. The van der Waals surface area contributed by atoms with Gasteiger partial charge < -0.3 is 165 Å². The van der Waals surface area contributed by atoms with E-state index in [1.807, 2.05) is 0 Å². The number of nitrogens with zero attached hydrogens (tertiary/aromatic N) is 4. The smallest absolute Gasteiger partial charge is 0.545 e. The summed E-state index contributed by atoms with van der Waals surface area (Å²) in [5, 5.41) is 42.0. The number of hydrogen-bond donors (Lipinski definition) is 6. The number of hydrogen-bond acceptors (Lipinski definition) is 34. The number of carbonyl (C=O) groups is 8. The molecule has 10 N–H and O–H groups in total. The van der Waals surface area contributed by atoms with Crippen molar-refractivity contribution < 1.29 is 213 Å². The topological polar surface area (TPSA) is 529 Å². The van der Waals surface area contributed by atoms with E-state index in [2.05, 4.69) is 0 Å². The van der Waals surface area contributed by atoms with Gasteiger partial charge in [0, 0.05) is 90.8 Å². The largest absolute Gasteiger partial charge is 1.00 e. The van der Waals surface area contributed by atoms with Gasteiger partial charge in [-0.3, -0.25) is 19.2 Å². The van der Waals surface area contributed by atoms with Crippen molar-refractivity contribution in [3.05, 3.63) is 236 Å². The van der Waals surface area contributed by atoms with E-state index in [-0.39, 0.29) is 177 Å². The minimum atomic E-state index is -1.48. The van der Waals surface area contributed by atoms with E-state index in [0.29, 0.717) is 247 Å². The molecule has 12 rings (SSSR count). The number of carboxylic acids is 4. The third kappa shape index (κ3) is 29.4. The molecule has 0 amide bonds. The van der Waals surface area contributed by atoms with Crippen molar-refractivity contribution >= 4 is 91.8 Å². The van der Waals surface area contributed by atoms with Crippen LogP contribution in [0.1, 0.15) is 128 Å². The summed E-state index contributed by atoms with van der Waals surface area (Å²) in [4.78, 5) is 101. The van der Waals surface area contributed by atoms with Gasteiger partial charge in [-0.2, -0.15) is 0 Å². The number of benzene rings is 4. The summed E-state index contributed by atoms with van der Waals surface area (Å²) >= 11 is 0. The molecule has 0 saturated carbocycles. The first kappa shape index (κ1) is 113. The molecule has 8 aromatic heterocycles. The van der Waals surface area contributed by atoms with Crippen molar-refractivity contribution in [2.75, 3.05) is 236 Å². The first-order chi connectivity index (χ1) is 67.7. The molecule has 0 fully saturated rings. The number of carboxylic acid groups (broad SMARTS) is 4. The second-order valence-electron chi connectivity index (χ2n) is 30.9. The summed E-state index contributed by atoms with van der Waals surface area (Å²) < 4.78 is 120. The Hall–Kier alpha value is -12.4.